The van der Waals surface area contributed by atoms with Gasteiger partial charge in [-0.15, -0.1) is 0 Å². The lowest BCUT2D eigenvalue weighted by Crippen LogP contribution is -2.13. The Balaban J connectivity index is 2.10. The Labute approximate surface area is 134 Å². The van der Waals surface area contributed by atoms with Gasteiger partial charge in [-0.1, -0.05) is 74.8 Å². The molecule has 1 atom stereocenters. The maximum Gasteiger partial charge on any atom is 0.0406 e. The topological polar surface area (TPSA) is 0 Å². The van der Waals surface area contributed by atoms with Gasteiger partial charge in [0.05, 0.1) is 0 Å². The van der Waals surface area contributed by atoms with Gasteiger partial charge in [0.1, 0.15) is 0 Å². The molecule has 0 aliphatic rings. The molecule has 2 rings (SSSR count). The normalized spacial score (nSPS) is 13.1. The van der Waals surface area contributed by atoms with Crippen LogP contribution in [-0.4, -0.2) is 0 Å². The maximum absolute atomic E-state index is 6.02. The fraction of sp³-hybridized carbons (Fsp3) is 0.400. The van der Waals surface area contributed by atoms with Gasteiger partial charge in [0.2, 0.25) is 0 Å². The van der Waals surface area contributed by atoms with Crippen LogP contribution in [0.5, 0.6) is 0 Å². The van der Waals surface area contributed by atoms with Crippen molar-refractivity contribution in [2.75, 3.05) is 0 Å². The Morgan fingerprint density at radius 1 is 0.905 bits per heavy atom. The summed E-state index contributed by atoms with van der Waals surface area (Å²) in [7, 11) is 0. The molecular formula is C20H25Cl. The number of benzene rings is 2. The molecule has 0 N–H and O–H groups in total. The fourth-order valence-electron chi connectivity index (χ4n) is 2.85. The summed E-state index contributed by atoms with van der Waals surface area (Å²) in [6.07, 6.45) is 3.51. The Morgan fingerprint density at radius 2 is 1.52 bits per heavy atom. The average molecular weight is 301 g/mol. The van der Waals surface area contributed by atoms with Gasteiger partial charge in [0.15, 0.2) is 0 Å². The van der Waals surface area contributed by atoms with Crippen molar-refractivity contribution in [1.29, 1.82) is 0 Å². The van der Waals surface area contributed by atoms with E-state index in [1.807, 2.05) is 12.1 Å². The number of hydrogen-bond acceptors (Lipinski definition) is 0. The highest BCUT2D eigenvalue weighted by Gasteiger charge is 2.20. The van der Waals surface area contributed by atoms with Crippen molar-refractivity contribution in [3.05, 3.63) is 70.7 Å². The molecule has 112 valence electrons. The van der Waals surface area contributed by atoms with E-state index < -0.39 is 0 Å². The predicted molar refractivity (Wildman–Crippen MR) is 93.0 cm³/mol. The Hall–Kier alpha value is -1.27. The van der Waals surface area contributed by atoms with Crippen LogP contribution in [0.1, 0.15) is 50.7 Å². The van der Waals surface area contributed by atoms with Gasteiger partial charge < -0.3 is 0 Å². The second-order valence-electron chi connectivity index (χ2n) is 7.04. The van der Waals surface area contributed by atoms with E-state index in [-0.39, 0.29) is 0 Å². The highest BCUT2D eigenvalue weighted by atomic mass is 35.5. The zero-order chi connectivity index (χ0) is 15.3. The van der Waals surface area contributed by atoms with Crippen LogP contribution in [0.4, 0.5) is 0 Å². The van der Waals surface area contributed by atoms with Gasteiger partial charge in [0, 0.05) is 5.02 Å². The Bertz CT molecular complexity index is 534. The monoisotopic (exact) mass is 300 g/mol. The first-order valence-electron chi connectivity index (χ1n) is 7.73. The summed E-state index contributed by atoms with van der Waals surface area (Å²) < 4.78 is 0. The maximum atomic E-state index is 6.02. The van der Waals surface area contributed by atoms with E-state index in [1.54, 1.807) is 0 Å². The SMILES string of the molecule is CC(C)(C)C[C@@H](CCc1ccccc1)c1ccc(Cl)cc1. The smallest absolute Gasteiger partial charge is 0.0406 e. The summed E-state index contributed by atoms with van der Waals surface area (Å²) in [5.41, 5.74) is 3.16. The first-order valence-corrected chi connectivity index (χ1v) is 8.11. The third-order valence-corrected chi connectivity index (χ3v) is 4.08. The molecular weight excluding hydrogens is 276 g/mol. The molecule has 0 aromatic heterocycles. The van der Waals surface area contributed by atoms with Gasteiger partial charge in [-0.05, 0) is 53.9 Å². The minimum atomic E-state index is 0.334. The largest absolute Gasteiger partial charge is 0.0843 e. The van der Waals surface area contributed by atoms with E-state index in [2.05, 4.69) is 63.2 Å². The Kier molecular flexibility index (Phi) is 5.47. The van der Waals surface area contributed by atoms with Gasteiger partial charge >= 0.3 is 0 Å². The summed E-state index contributed by atoms with van der Waals surface area (Å²) in [5.74, 6) is 0.586. The lowest BCUT2D eigenvalue weighted by atomic mass is 9.79. The molecule has 21 heavy (non-hydrogen) atoms. The molecule has 0 spiro atoms. The van der Waals surface area contributed by atoms with Crippen LogP contribution >= 0.6 is 11.6 Å². The van der Waals surface area contributed by atoms with Gasteiger partial charge in [-0.2, -0.15) is 0 Å². The Morgan fingerprint density at radius 3 is 2.10 bits per heavy atom. The molecule has 0 fully saturated rings. The standard InChI is InChI=1S/C20H25Cl/c1-20(2,3)15-18(17-11-13-19(21)14-12-17)10-9-16-7-5-4-6-8-16/h4-8,11-14,18H,9-10,15H2,1-3H3/t18-/m1/s1. The van der Waals surface area contributed by atoms with E-state index in [9.17, 15) is 0 Å². The summed E-state index contributed by atoms with van der Waals surface area (Å²) in [4.78, 5) is 0. The summed E-state index contributed by atoms with van der Waals surface area (Å²) in [6, 6.07) is 19.1. The second-order valence-corrected chi connectivity index (χ2v) is 7.47. The lowest BCUT2D eigenvalue weighted by molar-refractivity contribution is 0.331. The van der Waals surface area contributed by atoms with E-state index in [4.69, 9.17) is 11.6 Å². The number of hydrogen-bond donors (Lipinski definition) is 0. The molecule has 0 unspecified atom stereocenters. The van der Waals surface area contributed by atoms with Crippen molar-refractivity contribution in [1.82, 2.24) is 0 Å². The van der Waals surface area contributed by atoms with Crippen LogP contribution in [0.3, 0.4) is 0 Å². The molecule has 0 aliphatic carbocycles. The molecule has 0 nitrogen and oxygen atoms in total. The van der Waals surface area contributed by atoms with Crippen molar-refractivity contribution >= 4 is 11.6 Å². The quantitative estimate of drug-likeness (QED) is 0.592. The highest BCUT2D eigenvalue weighted by Crippen LogP contribution is 2.34. The summed E-state index contributed by atoms with van der Waals surface area (Å²) >= 11 is 6.02. The molecule has 0 saturated heterocycles. The zero-order valence-electron chi connectivity index (χ0n) is 13.3. The van der Waals surface area contributed by atoms with Crippen molar-refractivity contribution in [2.45, 2.75) is 46.0 Å². The first kappa shape index (κ1) is 16.1. The van der Waals surface area contributed by atoms with Crippen LogP contribution in [0.2, 0.25) is 5.02 Å². The molecule has 0 aliphatic heterocycles. The first-order chi connectivity index (χ1) is 9.94. The fourth-order valence-corrected chi connectivity index (χ4v) is 2.97. The van der Waals surface area contributed by atoms with Gasteiger partial charge in [0.25, 0.3) is 0 Å². The van der Waals surface area contributed by atoms with Crippen LogP contribution in [-0.2, 0) is 6.42 Å². The highest BCUT2D eigenvalue weighted by molar-refractivity contribution is 6.30. The minimum absolute atomic E-state index is 0.334. The molecule has 1 heteroatoms. The average Bonchev–Trinajstić information content (AvgIpc) is 2.44. The van der Waals surface area contributed by atoms with Crippen molar-refractivity contribution in [3.63, 3.8) is 0 Å². The third kappa shape index (κ3) is 5.55. The van der Waals surface area contributed by atoms with Gasteiger partial charge in [-0.25, -0.2) is 0 Å². The van der Waals surface area contributed by atoms with E-state index >= 15 is 0 Å². The van der Waals surface area contributed by atoms with E-state index in [0.717, 1.165) is 11.4 Å². The van der Waals surface area contributed by atoms with Crippen molar-refractivity contribution in [3.8, 4) is 0 Å². The molecule has 2 aromatic carbocycles. The van der Waals surface area contributed by atoms with E-state index in [1.165, 1.54) is 24.0 Å². The van der Waals surface area contributed by atoms with Crippen molar-refractivity contribution in [2.24, 2.45) is 5.41 Å². The summed E-state index contributed by atoms with van der Waals surface area (Å²) in [5, 5.41) is 0.816. The second kappa shape index (κ2) is 7.13. The predicted octanol–water partition coefficient (Wildman–Crippen LogP) is 6.49. The third-order valence-electron chi connectivity index (χ3n) is 3.82. The lowest BCUT2D eigenvalue weighted by Gasteiger charge is -2.26. The van der Waals surface area contributed by atoms with Crippen LogP contribution in [0.15, 0.2) is 54.6 Å². The van der Waals surface area contributed by atoms with Crippen LogP contribution < -0.4 is 0 Å². The molecule has 0 radical (unpaired) electrons. The molecule has 0 amide bonds. The molecule has 2 aromatic rings. The molecule has 0 bridgehead atoms. The number of aryl methyl sites for hydroxylation is 1. The van der Waals surface area contributed by atoms with Crippen LogP contribution in [0.25, 0.3) is 0 Å². The number of rotatable bonds is 5. The number of halogens is 1. The molecule has 0 heterocycles. The molecule has 0 saturated carbocycles. The zero-order valence-corrected chi connectivity index (χ0v) is 14.0. The summed E-state index contributed by atoms with van der Waals surface area (Å²) in [6.45, 7) is 6.95. The van der Waals surface area contributed by atoms with Crippen molar-refractivity contribution < 1.29 is 0 Å². The van der Waals surface area contributed by atoms with Crippen LogP contribution in [0, 0.1) is 5.41 Å². The van der Waals surface area contributed by atoms with E-state index in [0.29, 0.717) is 11.3 Å². The van der Waals surface area contributed by atoms with Gasteiger partial charge in [-0.3, -0.25) is 0 Å². The minimum Gasteiger partial charge on any atom is -0.0843 e.